The number of methoxy groups -OCH3 is 1. The lowest BCUT2D eigenvalue weighted by Crippen LogP contribution is -2.11. The van der Waals surface area contributed by atoms with Crippen LogP contribution in [0.15, 0.2) is 60.7 Å². The van der Waals surface area contributed by atoms with Gasteiger partial charge in [0.1, 0.15) is 5.75 Å². The van der Waals surface area contributed by atoms with Gasteiger partial charge in [-0.1, -0.05) is 50.1 Å². The standard InChI is InChI=1S/C22H24N2O3/c1-3-4-6-11-22(25)27-21-16-20(17-9-7-5-8-10-17)23-24(21)18-12-14-19(26-2)15-13-18/h5,7-10,12-16H,3-4,6,11H2,1-2H3. The molecule has 5 nitrogen and oxygen atoms in total. The average molecular weight is 364 g/mol. The second-order valence-electron chi connectivity index (χ2n) is 6.27. The van der Waals surface area contributed by atoms with E-state index >= 15 is 0 Å². The Labute approximate surface area is 159 Å². The lowest BCUT2D eigenvalue weighted by Gasteiger charge is -2.08. The second kappa shape index (κ2) is 9.03. The summed E-state index contributed by atoms with van der Waals surface area (Å²) in [7, 11) is 1.62. The molecule has 0 bridgehead atoms. The molecule has 3 aromatic rings. The zero-order valence-electron chi connectivity index (χ0n) is 15.7. The minimum Gasteiger partial charge on any atom is -0.497 e. The van der Waals surface area contributed by atoms with Crippen molar-refractivity contribution >= 4 is 5.97 Å². The van der Waals surface area contributed by atoms with Crippen molar-refractivity contribution in [1.82, 2.24) is 9.78 Å². The molecule has 27 heavy (non-hydrogen) atoms. The van der Waals surface area contributed by atoms with E-state index in [9.17, 15) is 4.79 Å². The van der Waals surface area contributed by atoms with Crippen LogP contribution in [0, 0.1) is 0 Å². The summed E-state index contributed by atoms with van der Waals surface area (Å²) in [6, 6.07) is 19.1. The van der Waals surface area contributed by atoms with E-state index < -0.39 is 0 Å². The Balaban J connectivity index is 1.91. The molecule has 0 radical (unpaired) electrons. The largest absolute Gasteiger partial charge is 0.497 e. The van der Waals surface area contributed by atoms with Crippen molar-refractivity contribution in [2.75, 3.05) is 7.11 Å². The van der Waals surface area contributed by atoms with Gasteiger partial charge in [0.05, 0.1) is 18.5 Å². The van der Waals surface area contributed by atoms with E-state index in [2.05, 4.69) is 12.0 Å². The van der Waals surface area contributed by atoms with E-state index in [1.54, 1.807) is 17.9 Å². The number of benzene rings is 2. The van der Waals surface area contributed by atoms with Gasteiger partial charge in [0, 0.05) is 18.1 Å². The maximum Gasteiger partial charge on any atom is 0.312 e. The van der Waals surface area contributed by atoms with Crippen LogP contribution in [0.1, 0.15) is 32.6 Å². The Bertz CT molecular complexity index is 870. The Morgan fingerprint density at radius 2 is 1.78 bits per heavy atom. The monoisotopic (exact) mass is 364 g/mol. The lowest BCUT2D eigenvalue weighted by atomic mass is 10.2. The van der Waals surface area contributed by atoms with Crippen LogP contribution in [0.25, 0.3) is 16.9 Å². The van der Waals surface area contributed by atoms with Crippen molar-refractivity contribution in [2.45, 2.75) is 32.6 Å². The summed E-state index contributed by atoms with van der Waals surface area (Å²) in [4.78, 5) is 12.2. The van der Waals surface area contributed by atoms with Gasteiger partial charge in [0.25, 0.3) is 0 Å². The molecule has 2 aromatic carbocycles. The summed E-state index contributed by atoms with van der Waals surface area (Å²) in [5, 5.41) is 4.65. The first kappa shape index (κ1) is 18.7. The molecule has 0 amide bonds. The zero-order valence-corrected chi connectivity index (χ0v) is 15.7. The highest BCUT2D eigenvalue weighted by Gasteiger charge is 2.15. The van der Waals surface area contributed by atoms with E-state index in [1.807, 2.05) is 54.6 Å². The van der Waals surface area contributed by atoms with Crippen molar-refractivity contribution in [1.29, 1.82) is 0 Å². The number of ether oxygens (including phenoxy) is 2. The average Bonchev–Trinajstić information content (AvgIpc) is 3.12. The third-order valence-corrected chi connectivity index (χ3v) is 4.27. The van der Waals surface area contributed by atoms with Crippen LogP contribution >= 0.6 is 0 Å². The van der Waals surface area contributed by atoms with Crippen LogP contribution in [-0.2, 0) is 4.79 Å². The van der Waals surface area contributed by atoms with Gasteiger partial charge in [0.15, 0.2) is 0 Å². The normalized spacial score (nSPS) is 10.6. The Kier molecular flexibility index (Phi) is 6.26. The topological polar surface area (TPSA) is 53.3 Å². The van der Waals surface area contributed by atoms with Crippen molar-refractivity contribution in [3.63, 3.8) is 0 Å². The molecule has 5 heteroatoms. The van der Waals surface area contributed by atoms with Crippen LogP contribution in [0.3, 0.4) is 0 Å². The zero-order chi connectivity index (χ0) is 19.1. The molecule has 1 aromatic heterocycles. The smallest absolute Gasteiger partial charge is 0.312 e. The maximum atomic E-state index is 12.2. The number of hydrogen-bond acceptors (Lipinski definition) is 4. The number of carbonyl (C=O) groups excluding carboxylic acids is 1. The predicted molar refractivity (Wildman–Crippen MR) is 105 cm³/mol. The molecule has 0 spiro atoms. The first-order valence-corrected chi connectivity index (χ1v) is 9.22. The molecule has 1 heterocycles. The van der Waals surface area contributed by atoms with E-state index in [0.29, 0.717) is 12.3 Å². The van der Waals surface area contributed by atoms with E-state index in [0.717, 1.165) is 42.0 Å². The maximum absolute atomic E-state index is 12.2. The number of esters is 1. The summed E-state index contributed by atoms with van der Waals surface area (Å²) in [6.45, 7) is 2.11. The molecule has 0 aliphatic heterocycles. The van der Waals surface area contributed by atoms with Crippen molar-refractivity contribution < 1.29 is 14.3 Å². The fraction of sp³-hybridized carbons (Fsp3) is 0.273. The van der Waals surface area contributed by atoms with Crippen LogP contribution in [0.5, 0.6) is 11.6 Å². The fourth-order valence-electron chi connectivity index (χ4n) is 2.78. The Hall–Kier alpha value is -3.08. The third-order valence-electron chi connectivity index (χ3n) is 4.27. The summed E-state index contributed by atoms with van der Waals surface area (Å²) in [5.41, 5.74) is 2.52. The minimum absolute atomic E-state index is 0.238. The molecule has 0 unspecified atom stereocenters. The summed E-state index contributed by atoms with van der Waals surface area (Å²) >= 11 is 0. The molecule has 0 atom stereocenters. The first-order chi connectivity index (χ1) is 13.2. The number of aromatic nitrogens is 2. The van der Waals surface area contributed by atoms with Crippen LogP contribution in [-0.4, -0.2) is 22.9 Å². The molecule has 0 fully saturated rings. The SMILES string of the molecule is CCCCCC(=O)Oc1cc(-c2ccccc2)nn1-c1ccc(OC)cc1. The summed E-state index contributed by atoms with van der Waals surface area (Å²) in [5.74, 6) is 0.936. The highest BCUT2D eigenvalue weighted by atomic mass is 16.5. The lowest BCUT2D eigenvalue weighted by molar-refractivity contribution is -0.134. The highest BCUT2D eigenvalue weighted by molar-refractivity contribution is 5.73. The van der Waals surface area contributed by atoms with Gasteiger partial charge < -0.3 is 9.47 Å². The third kappa shape index (κ3) is 4.76. The molecule has 0 saturated carbocycles. The van der Waals surface area contributed by atoms with Gasteiger partial charge in [0.2, 0.25) is 5.88 Å². The molecular weight excluding hydrogens is 340 g/mol. The van der Waals surface area contributed by atoms with Gasteiger partial charge in [-0.15, -0.1) is 0 Å². The van der Waals surface area contributed by atoms with Gasteiger partial charge >= 0.3 is 5.97 Å². The minimum atomic E-state index is -0.238. The summed E-state index contributed by atoms with van der Waals surface area (Å²) < 4.78 is 12.5. The number of nitrogens with zero attached hydrogens (tertiary/aromatic N) is 2. The number of rotatable bonds is 8. The fourth-order valence-corrected chi connectivity index (χ4v) is 2.78. The van der Waals surface area contributed by atoms with Crippen LogP contribution in [0.2, 0.25) is 0 Å². The van der Waals surface area contributed by atoms with Gasteiger partial charge in [-0.2, -0.15) is 5.10 Å². The molecule has 0 aliphatic rings. The molecule has 140 valence electrons. The number of unbranched alkanes of at least 4 members (excludes halogenated alkanes) is 2. The predicted octanol–water partition coefficient (Wildman–Crippen LogP) is 5.03. The molecule has 3 rings (SSSR count). The van der Waals surface area contributed by atoms with Crippen molar-refractivity contribution in [2.24, 2.45) is 0 Å². The first-order valence-electron chi connectivity index (χ1n) is 9.22. The molecular formula is C22H24N2O3. The van der Waals surface area contributed by atoms with E-state index in [-0.39, 0.29) is 5.97 Å². The van der Waals surface area contributed by atoms with Gasteiger partial charge in [-0.05, 0) is 30.7 Å². The number of carbonyl (C=O) groups is 1. The summed E-state index contributed by atoms with van der Waals surface area (Å²) in [6.07, 6.45) is 3.32. The molecule has 0 saturated heterocycles. The highest BCUT2D eigenvalue weighted by Crippen LogP contribution is 2.27. The van der Waals surface area contributed by atoms with Gasteiger partial charge in [-0.3, -0.25) is 4.79 Å². The van der Waals surface area contributed by atoms with Crippen LogP contribution in [0.4, 0.5) is 0 Å². The van der Waals surface area contributed by atoms with Crippen LogP contribution < -0.4 is 9.47 Å². The Morgan fingerprint density at radius 1 is 1.04 bits per heavy atom. The molecule has 0 aliphatic carbocycles. The Morgan fingerprint density at radius 3 is 2.44 bits per heavy atom. The van der Waals surface area contributed by atoms with Crippen molar-refractivity contribution in [3.05, 3.63) is 60.7 Å². The van der Waals surface area contributed by atoms with Crippen molar-refractivity contribution in [3.8, 4) is 28.6 Å². The second-order valence-corrected chi connectivity index (χ2v) is 6.27. The van der Waals surface area contributed by atoms with E-state index in [1.165, 1.54) is 0 Å². The quantitative estimate of drug-likeness (QED) is 0.415. The number of hydrogen-bond donors (Lipinski definition) is 0. The van der Waals surface area contributed by atoms with E-state index in [4.69, 9.17) is 9.47 Å². The molecule has 0 N–H and O–H groups in total. The van der Waals surface area contributed by atoms with Gasteiger partial charge in [-0.25, -0.2) is 4.68 Å².